The second-order valence-electron chi connectivity index (χ2n) is 4.76. The van der Waals surface area contributed by atoms with Gasteiger partial charge in [-0.1, -0.05) is 0 Å². The maximum absolute atomic E-state index is 12.0. The summed E-state index contributed by atoms with van der Waals surface area (Å²) < 4.78 is 1.71. The van der Waals surface area contributed by atoms with E-state index in [1.165, 1.54) is 0 Å². The molecule has 1 fully saturated rings. The first-order valence-electron chi connectivity index (χ1n) is 6.50. The van der Waals surface area contributed by atoms with Gasteiger partial charge in [-0.2, -0.15) is 5.10 Å². The Bertz CT molecular complexity index is 479. The first-order chi connectivity index (χ1) is 9.56. The Balaban J connectivity index is 1.74. The number of urea groups is 1. The molecule has 8 heteroatoms. The van der Waals surface area contributed by atoms with Crippen molar-refractivity contribution >= 4 is 12.0 Å². The number of amides is 2. The third kappa shape index (κ3) is 3.70. The van der Waals surface area contributed by atoms with Gasteiger partial charge in [-0.05, 0) is 6.07 Å². The van der Waals surface area contributed by atoms with Gasteiger partial charge in [-0.15, -0.1) is 0 Å². The Hall–Kier alpha value is -2.09. The van der Waals surface area contributed by atoms with E-state index < -0.39 is 5.97 Å². The fraction of sp³-hybridized carbons (Fsp3) is 0.583. The minimum Gasteiger partial charge on any atom is -0.480 e. The molecule has 0 aliphatic carbocycles. The molecule has 1 aromatic rings. The molecule has 0 aromatic carbocycles. The largest absolute Gasteiger partial charge is 0.480 e. The molecule has 0 radical (unpaired) electrons. The van der Waals surface area contributed by atoms with Gasteiger partial charge in [0.25, 0.3) is 0 Å². The highest BCUT2D eigenvalue weighted by Crippen LogP contribution is 2.02. The van der Waals surface area contributed by atoms with E-state index in [0.29, 0.717) is 32.7 Å². The normalized spacial score (nSPS) is 16.1. The van der Waals surface area contributed by atoms with E-state index in [1.54, 1.807) is 15.8 Å². The van der Waals surface area contributed by atoms with Gasteiger partial charge in [-0.3, -0.25) is 14.4 Å². The average molecular weight is 281 g/mol. The maximum Gasteiger partial charge on any atom is 0.317 e. The fourth-order valence-corrected chi connectivity index (χ4v) is 2.15. The van der Waals surface area contributed by atoms with E-state index >= 15 is 0 Å². The lowest BCUT2D eigenvalue weighted by molar-refractivity contribution is -0.138. The van der Waals surface area contributed by atoms with Crippen molar-refractivity contribution in [3.05, 3.63) is 18.0 Å². The Kier molecular flexibility index (Phi) is 4.57. The summed E-state index contributed by atoms with van der Waals surface area (Å²) in [6, 6.07) is 1.73. The van der Waals surface area contributed by atoms with Gasteiger partial charge in [0.05, 0.1) is 18.8 Å². The molecular formula is C12H19N5O3. The summed E-state index contributed by atoms with van der Waals surface area (Å²) in [6.07, 6.45) is 1.69. The Morgan fingerprint density at radius 2 is 2.05 bits per heavy atom. The molecule has 0 bridgehead atoms. The summed E-state index contributed by atoms with van der Waals surface area (Å²) in [5, 5.41) is 15.6. The van der Waals surface area contributed by atoms with Crippen LogP contribution in [0.1, 0.15) is 5.69 Å². The third-order valence-corrected chi connectivity index (χ3v) is 3.36. The summed E-state index contributed by atoms with van der Waals surface area (Å²) in [5.74, 6) is -0.834. The lowest BCUT2D eigenvalue weighted by Crippen LogP contribution is -2.52. The van der Waals surface area contributed by atoms with Crippen LogP contribution in [0.2, 0.25) is 0 Å². The molecule has 0 unspecified atom stereocenters. The van der Waals surface area contributed by atoms with Crippen LogP contribution in [-0.2, 0) is 18.4 Å². The van der Waals surface area contributed by atoms with E-state index in [0.717, 1.165) is 5.69 Å². The van der Waals surface area contributed by atoms with Gasteiger partial charge in [-0.25, -0.2) is 4.79 Å². The van der Waals surface area contributed by atoms with E-state index in [4.69, 9.17) is 5.11 Å². The van der Waals surface area contributed by atoms with Crippen LogP contribution in [0.5, 0.6) is 0 Å². The predicted octanol–water partition coefficient (Wildman–Crippen LogP) is -0.668. The lowest BCUT2D eigenvalue weighted by Gasteiger charge is -2.33. The van der Waals surface area contributed by atoms with Crippen LogP contribution in [0.25, 0.3) is 0 Å². The molecule has 110 valence electrons. The standard InChI is InChI=1S/C12H19N5O3/c1-15-10(2-3-14-15)8-13-12(20)17-6-4-16(5-7-17)9-11(18)19/h2-3H,4-9H2,1H3,(H,13,20)(H,18,19). The first-order valence-corrected chi connectivity index (χ1v) is 6.50. The van der Waals surface area contributed by atoms with Crippen molar-refractivity contribution in [3.63, 3.8) is 0 Å². The van der Waals surface area contributed by atoms with Crippen molar-refractivity contribution in [2.45, 2.75) is 6.54 Å². The summed E-state index contributed by atoms with van der Waals surface area (Å²) in [4.78, 5) is 26.1. The molecule has 2 N–H and O–H groups in total. The number of carboxylic acid groups (broad SMARTS) is 1. The molecule has 1 aromatic heterocycles. The maximum atomic E-state index is 12.0. The number of carbonyl (C=O) groups excluding carboxylic acids is 1. The second-order valence-corrected chi connectivity index (χ2v) is 4.76. The number of carboxylic acids is 1. The molecule has 0 spiro atoms. The average Bonchev–Trinajstić information content (AvgIpc) is 2.82. The Morgan fingerprint density at radius 3 is 2.60 bits per heavy atom. The zero-order valence-corrected chi connectivity index (χ0v) is 11.4. The van der Waals surface area contributed by atoms with Crippen LogP contribution in [0, 0.1) is 0 Å². The molecule has 0 saturated carbocycles. The molecule has 20 heavy (non-hydrogen) atoms. The quantitative estimate of drug-likeness (QED) is 0.764. The number of rotatable bonds is 4. The predicted molar refractivity (Wildman–Crippen MR) is 71.1 cm³/mol. The number of nitrogens with zero attached hydrogens (tertiary/aromatic N) is 4. The highest BCUT2D eigenvalue weighted by molar-refractivity contribution is 5.74. The van der Waals surface area contributed by atoms with Crippen molar-refractivity contribution in [3.8, 4) is 0 Å². The van der Waals surface area contributed by atoms with Gasteiger partial charge in [0.2, 0.25) is 0 Å². The second kappa shape index (κ2) is 6.38. The zero-order chi connectivity index (χ0) is 14.5. The number of aliphatic carboxylic acids is 1. The van der Waals surface area contributed by atoms with Crippen LogP contribution < -0.4 is 5.32 Å². The van der Waals surface area contributed by atoms with Crippen LogP contribution in [0.15, 0.2) is 12.3 Å². The monoisotopic (exact) mass is 281 g/mol. The van der Waals surface area contributed by atoms with Gasteiger partial charge in [0, 0.05) is 39.4 Å². The Morgan fingerprint density at radius 1 is 1.35 bits per heavy atom. The number of aromatic nitrogens is 2. The third-order valence-electron chi connectivity index (χ3n) is 3.36. The molecular weight excluding hydrogens is 262 g/mol. The van der Waals surface area contributed by atoms with Crippen molar-refractivity contribution in [2.75, 3.05) is 32.7 Å². The summed E-state index contributed by atoms with van der Waals surface area (Å²) in [6.45, 7) is 2.74. The topological polar surface area (TPSA) is 90.7 Å². The lowest BCUT2D eigenvalue weighted by atomic mass is 10.3. The number of hydrogen-bond donors (Lipinski definition) is 2. The number of piperazine rings is 1. The van der Waals surface area contributed by atoms with Crippen LogP contribution in [0.4, 0.5) is 4.79 Å². The van der Waals surface area contributed by atoms with Gasteiger partial charge < -0.3 is 15.3 Å². The zero-order valence-electron chi connectivity index (χ0n) is 11.4. The summed E-state index contributed by atoms with van der Waals surface area (Å²) >= 11 is 0. The van der Waals surface area contributed by atoms with Crippen molar-refractivity contribution in [2.24, 2.45) is 7.05 Å². The van der Waals surface area contributed by atoms with Crippen molar-refractivity contribution in [1.82, 2.24) is 24.9 Å². The molecule has 8 nitrogen and oxygen atoms in total. The number of hydrogen-bond acceptors (Lipinski definition) is 4. The van der Waals surface area contributed by atoms with E-state index in [1.807, 2.05) is 18.0 Å². The summed E-state index contributed by atoms with van der Waals surface area (Å²) in [7, 11) is 1.83. The SMILES string of the molecule is Cn1nccc1CNC(=O)N1CCN(CC(=O)O)CC1. The number of aryl methyl sites for hydroxylation is 1. The highest BCUT2D eigenvalue weighted by Gasteiger charge is 2.22. The first kappa shape index (κ1) is 14.3. The molecule has 2 amide bonds. The number of nitrogens with one attached hydrogen (secondary N) is 1. The van der Waals surface area contributed by atoms with Gasteiger partial charge in [0.1, 0.15) is 0 Å². The fourth-order valence-electron chi connectivity index (χ4n) is 2.15. The van der Waals surface area contributed by atoms with Crippen LogP contribution in [-0.4, -0.2) is 69.4 Å². The minimum atomic E-state index is -0.834. The van der Waals surface area contributed by atoms with Crippen molar-refractivity contribution in [1.29, 1.82) is 0 Å². The molecule has 1 aliphatic heterocycles. The van der Waals surface area contributed by atoms with Crippen LogP contribution >= 0.6 is 0 Å². The molecule has 1 saturated heterocycles. The minimum absolute atomic E-state index is 0.0322. The van der Waals surface area contributed by atoms with Crippen LogP contribution in [0.3, 0.4) is 0 Å². The molecule has 2 rings (SSSR count). The van der Waals surface area contributed by atoms with E-state index in [-0.39, 0.29) is 12.6 Å². The van der Waals surface area contributed by atoms with Crippen molar-refractivity contribution < 1.29 is 14.7 Å². The number of carbonyl (C=O) groups is 2. The van der Waals surface area contributed by atoms with Gasteiger partial charge in [0.15, 0.2) is 0 Å². The van der Waals surface area contributed by atoms with Gasteiger partial charge >= 0.3 is 12.0 Å². The smallest absolute Gasteiger partial charge is 0.317 e. The Labute approximate surface area is 117 Å². The van der Waals surface area contributed by atoms with E-state index in [9.17, 15) is 9.59 Å². The van der Waals surface area contributed by atoms with E-state index in [2.05, 4.69) is 10.4 Å². The summed E-state index contributed by atoms with van der Waals surface area (Å²) in [5.41, 5.74) is 0.933. The molecule has 1 aliphatic rings. The molecule has 2 heterocycles. The molecule has 0 atom stereocenters. The highest BCUT2D eigenvalue weighted by atomic mass is 16.4.